The highest BCUT2D eigenvalue weighted by Crippen LogP contribution is 2.23. The average molecular weight is 183 g/mol. The number of halogens is 1. The zero-order chi connectivity index (χ0) is 8.97. The maximum absolute atomic E-state index is 9.37. The zero-order valence-corrected chi connectivity index (χ0v) is 6.99. The second kappa shape index (κ2) is 4.05. The predicted molar refractivity (Wildman–Crippen MR) is 44.4 cm³/mol. The molecule has 1 heterocycles. The van der Waals surface area contributed by atoms with Gasteiger partial charge in [0.2, 0.25) is 0 Å². The van der Waals surface area contributed by atoms with Crippen LogP contribution in [0.15, 0.2) is 18.5 Å². The summed E-state index contributed by atoms with van der Waals surface area (Å²) in [5.41, 5.74) is 0.549. The van der Waals surface area contributed by atoms with E-state index in [1.54, 1.807) is 6.07 Å². The third-order valence-corrected chi connectivity index (χ3v) is 1.76. The molecule has 1 rings (SSSR count). The van der Waals surface area contributed by atoms with Gasteiger partial charge in [-0.1, -0.05) is 11.6 Å². The number of aliphatic hydroxyl groups excluding tert-OH is 1. The van der Waals surface area contributed by atoms with Crippen molar-refractivity contribution in [3.8, 4) is 6.07 Å². The molecule has 0 spiro atoms. The van der Waals surface area contributed by atoms with Gasteiger partial charge in [-0.3, -0.25) is 4.98 Å². The van der Waals surface area contributed by atoms with Gasteiger partial charge >= 0.3 is 0 Å². The summed E-state index contributed by atoms with van der Waals surface area (Å²) in [7, 11) is 0. The minimum atomic E-state index is -0.814. The van der Waals surface area contributed by atoms with Gasteiger partial charge in [0.1, 0.15) is 0 Å². The van der Waals surface area contributed by atoms with Crippen molar-refractivity contribution >= 4 is 11.6 Å². The zero-order valence-electron chi connectivity index (χ0n) is 6.24. The molecule has 0 fully saturated rings. The molecular formula is C8H7ClN2O. The fraction of sp³-hybridized carbons (Fsp3) is 0.250. The molecule has 0 aliphatic heterocycles. The molecule has 0 aliphatic rings. The molecule has 0 radical (unpaired) electrons. The second-order valence-corrected chi connectivity index (χ2v) is 2.68. The fourth-order valence-corrected chi connectivity index (χ4v) is 1.10. The molecule has 0 saturated heterocycles. The smallest absolute Gasteiger partial charge is 0.0935 e. The summed E-state index contributed by atoms with van der Waals surface area (Å²) >= 11 is 5.72. The third kappa shape index (κ3) is 1.94. The standard InChI is InChI=1S/C8H7ClN2O/c9-7-5-11-4-2-6(7)8(12)1-3-10/h2,4-5,8,12H,1H2. The van der Waals surface area contributed by atoms with Crippen LogP contribution in [0.5, 0.6) is 0 Å². The van der Waals surface area contributed by atoms with E-state index in [0.29, 0.717) is 10.6 Å². The van der Waals surface area contributed by atoms with Crippen LogP contribution < -0.4 is 0 Å². The molecule has 12 heavy (non-hydrogen) atoms. The highest BCUT2D eigenvalue weighted by atomic mass is 35.5. The molecule has 0 aromatic carbocycles. The summed E-state index contributed by atoms with van der Waals surface area (Å²) in [6.07, 6.45) is 2.20. The Morgan fingerprint density at radius 3 is 3.08 bits per heavy atom. The topological polar surface area (TPSA) is 56.9 Å². The Bertz CT molecular complexity index is 308. The van der Waals surface area contributed by atoms with Crippen molar-refractivity contribution in [1.29, 1.82) is 5.26 Å². The lowest BCUT2D eigenvalue weighted by atomic mass is 10.1. The number of aromatic nitrogens is 1. The maximum Gasteiger partial charge on any atom is 0.0935 e. The van der Waals surface area contributed by atoms with Crippen LogP contribution in [0.25, 0.3) is 0 Å². The van der Waals surface area contributed by atoms with Crippen LogP contribution in [-0.2, 0) is 0 Å². The van der Waals surface area contributed by atoms with E-state index in [2.05, 4.69) is 4.98 Å². The molecule has 3 nitrogen and oxygen atoms in total. The Kier molecular flexibility index (Phi) is 3.03. The van der Waals surface area contributed by atoms with E-state index in [1.165, 1.54) is 12.4 Å². The largest absolute Gasteiger partial charge is 0.387 e. The molecule has 0 aliphatic carbocycles. The van der Waals surface area contributed by atoms with Crippen molar-refractivity contribution in [2.45, 2.75) is 12.5 Å². The Balaban J connectivity index is 2.88. The Morgan fingerprint density at radius 2 is 2.50 bits per heavy atom. The van der Waals surface area contributed by atoms with Gasteiger partial charge in [-0.15, -0.1) is 0 Å². The Labute approximate surface area is 75.2 Å². The van der Waals surface area contributed by atoms with Crippen molar-refractivity contribution in [2.24, 2.45) is 0 Å². The summed E-state index contributed by atoms with van der Waals surface area (Å²) in [4.78, 5) is 3.76. The Morgan fingerprint density at radius 1 is 1.75 bits per heavy atom. The molecule has 4 heteroatoms. The van der Waals surface area contributed by atoms with Crippen LogP contribution in [0.4, 0.5) is 0 Å². The monoisotopic (exact) mass is 182 g/mol. The summed E-state index contributed by atoms with van der Waals surface area (Å²) in [6.45, 7) is 0. The number of hydrogen-bond donors (Lipinski definition) is 1. The van der Waals surface area contributed by atoms with Gasteiger partial charge in [0, 0.05) is 18.0 Å². The molecule has 1 aromatic heterocycles. The third-order valence-electron chi connectivity index (χ3n) is 1.45. The minimum absolute atomic E-state index is 0.0454. The van der Waals surface area contributed by atoms with Gasteiger partial charge in [0.05, 0.1) is 23.6 Å². The Hall–Kier alpha value is -1.11. The number of rotatable bonds is 2. The van der Waals surface area contributed by atoms with Crippen molar-refractivity contribution in [1.82, 2.24) is 4.98 Å². The van der Waals surface area contributed by atoms with Crippen LogP contribution in [0, 0.1) is 11.3 Å². The molecule has 0 bridgehead atoms. The van der Waals surface area contributed by atoms with Crippen LogP contribution in [0.3, 0.4) is 0 Å². The van der Waals surface area contributed by atoms with Crippen molar-refractivity contribution < 1.29 is 5.11 Å². The maximum atomic E-state index is 9.37. The molecule has 0 saturated carbocycles. The first-order valence-corrected chi connectivity index (χ1v) is 3.78. The van der Waals surface area contributed by atoms with E-state index >= 15 is 0 Å². The first kappa shape index (κ1) is 8.98. The van der Waals surface area contributed by atoms with Gasteiger partial charge in [0.25, 0.3) is 0 Å². The second-order valence-electron chi connectivity index (χ2n) is 2.28. The summed E-state index contributed by atoms with van der Waals surface area (Å²) in [5.74, 6) is 0. The van der Waals surface area contributed by atoms with Crippen LogP contribution in [0.1, 0.15) is 18.1 Å². The molecule has 1 N–H and O–H groups in total. The van der Waals surface area contributed by atoms with Crippen molar-refractivity contribution in [2.75, 3.05) is 0 Å². The number of aliphatic hydroxyl groups is 1. The molecule has 1 aromatic rings. The quantitative estimate of drug-likeness (QED) is 0.757. The highest BCUT2D eigenvalue weighted by Gasteiger charge is 2.09. The lowest BCUT2D eigenvalue weighted by Crippen LogP contribution is -1.96. The molecule has 62 valence electrons. The highest BCUT2D eigenvalue weighted by molar-refractivity contribution is 6.31. The van der Waals surface area contributed by atoms with Crippen LogP contribution >= 0.6 is 11.6 Å². The number of hydrogen-bond acceptors (Lipinski definition) is 3. The summed E-state index contributed by atoms with van der Waals surface area (Å²) in [6, 6.07) is 3.47. The SMILES string of the molecule is N#CCC(O)c1ccncc1Cl. The van der Waals surface area contributed by atoms with Crippen molar-refractivity contribution in [3.63, 3.8) is 0 Å². The first-order valence-electron chi connectivity index (χ1n) is 3.40. The van der Waals surface area contributed by atoms with E-state index in [1.807, 2.05) is 6.07 Å². The van der Waals surface area contributed by atoms with E-state index in [4.69, 9.17) is 16.9 Å². The van der Waals surface area contributed by atoms with Crippen LogP contribution in [-0.4, -0.2) is 10.1 Å². The minimum Gasteiger partial charge on any atom is -0.387 e. The molecule has 1 atom stereocenters. The molecular weight excluding hydrogens is 176 g/mol. The number of nitrogens with zero attached hydrogens (tertiary/aromatic N) is 2. The van der Waals surface area contributed by atoms with Gasteiger partial charge in [-0.25, -0.2) is 0 Å². The van der Waals surface area contributed by atoms with Gasteiger partial charge in [0.15, 0.2) is 0 Å². The predicted octanol–water partition coefficient (Wildman–Crippen LogP) is 1.68. The van der Waals surface area contributed by atoms with Crippen LogP contribution in [0.2, 0.25) is 5.02 Å². The molecule has 0 amide bonds. The van der Waals surface area contributed by atoms with E-state index in [-0.39, 0.29) is 6.42 Å². The van der Waals surface area contributed by atoms with Crippen molar-refractivity contribution in [3.05, 3.63) is 29.0 Å². The lowest BCUT2D eigenvalue weighted by Gasteiger charge is -2.07. The van der Waals surface area contributed by atoms with Gasteiger partial charge in [-0.05, 0) is 6.07 Å². The summed E-state index contributed by atoms with van der Waals surface area (Å²) in [5, 5.41) is 18.1. The molecule has 1 unspecified atom stereocenters. The first-order chi connectivity index (χ1) is 5.75. The summed E-state index contributed by atoms with van der Waals surface area (Å²) < 4.78 is 0. The number of pyridine rings is 1. The van der Waals surface area contributed by atoms with Gasteiger partial charge in [-0.2, -0.15) is 5.26 Å². The lowest BCUT2D eigenvalue weighted by molar-refractivity contribution is 0.183. The van der Waals surface area contributed by atoms with E-state index in [0.717, 1.165) is 0 Å². The normalized spacial score (nSPS) is 12.1. The van der Waals surface area contributed by atoms with E-state index < -0.39 is 6.10 Å². The van der Waals surface area contributed by atoms with Gasteiger partial charge < -0.3 is 5.11 Å². The average Bonchev–Trinajstić information content (AvgIpc) is 2.05. The fourth-order valence-electron chi connectivity index (χ4n) is 0.853. The number of nitriles is 1. The van der Waals surface area contributed by atoms with E-state index in [9.17, 15) is 5.11 Å².